The Hall–Kier alpha value is -2.11. The number of rotatable bonds is 4. The maximum Gasteiger partial charge on any atom is 0.306 e. The SMILES string of the molecule is NC(=O)c1cccc(N[C@H]2CC[C@@H](C(=O)O)C2)n1. The Labute approximate surface area is 104 Å². The summed E-state index contributed by atoms with van der Waals surface area (Å²) in [5.74, 6) is -1.06. The van der Waals surface area contributed by atoms with Crippen LogP contribution in [0.5, 0.6) is 0 Å². The number of aromatic nitrogens is 1. The Bertz CT molecular complexity index is 475. The first kappa shape index (κ1) is 12.3. The highest BCUT2D eigenvalue weighted by Gasteiger charge is 2.29. The molecule has 96 valence electrons. The first-order chi connectivity index (χ1) is 8.56. The van der Waals surface area contributed by atoms with Gasteiger partial charge in [0.15, 0.2) is 0 Å². The van der Waals surface area contributed by atoms with Crippen LogP contribution in [0, 0.1) is 5.92 Å². The summed E-state index contributed by atoms with van der Waals surface area (Å²) in [5.41, 5.74) is 5.35. The van der Waals surface area contributed by atoms with Crippen molar-refractivity contribution in [2.75, 3.05) is 5.32 Å². The molecule has 0 unspecified atom stereocenters. The number of carboxylic acid groups (broad SMARTS) is 1. The van der Waals surface area contributed by atoms with Gasteiger partial charge in [0.05, 0.1) is 5.92 Å². The van der Waals surface area contributed by atoms with E-state index in [9.17, 15) is 9.59 Å². The molecule has 0 aromatic carbocycles. The smallest absolute Gasteiger partial charge is 0.306 e. The molecule has 1 aliphatic carbocycles. The normalized spacial score (nSPS) is 22.7. The number of nitrogens with two attached hydrogens (primary N) is 1. The van der Waals surface area contributed by atoms with Gasteiger partial charge in [0.25, 0.3) is 5.91 Å². The Morgan fingerprint density at radius 3 is 2.78 bits per heavy atom. The van der Waals surface area contributed by atoms with Crippen molar-refractivity contribution in [2.24, 2.45) is 11.7 Å². The molecular formula is C12H15N3O3. The lowest BCUT2D eigenvalue weighted by atomic mass is 10.1. The second-order valence-electron chi connectivity index (χ2n) is 4.46. The molecule has 0 aliphatic heterocycles. The summed E-state index contributed by atoms with van der Waals surface area (Å²) < 4.78 is 0. The molecule has 1 saturated carbocycles. The first-order valence-electron chi connectivity index (χ1n) is 5.82. The molecule has 6 nitrogen and oxygen atoms in total. The van der Waals surface area contributed by atoms with Crippen molar-refractivity contribution >= 4 is 17.7 Å². The Balaban J connectivity index is 2.00. The van der Waals surface area contributed by atoms with Crippen LogP contribution < -0.4 is 11.1 Å². The van der Waals surface area contributed by atoms with Crippen LogP contribution in [0.1, 0.15) is 29.8 Å². The van der Waals surface area contributed by atoms with Gasteiger partial charge in [-0.25, -0.2) is 4.98 Å². The van der Waals surface area contributed by atoms with E-state index in [4.69, 9.17) is 10.8 Å². The quantitative estimate of drug-likeness (QED) is 0.733. The van der Waals surface area contributed by atoms with Gasteiger partial charge in [-0.3, -0.25) is 9.59 Å². The largest absolute Gasteiger partial charge is 0.481 e. The molecule has 1 fully saturated rings. The van der Waals surface area contributed by atoms with Crippen LogP contribution in [0.15, 0.2) is 18.2 Å². The standard InChI is InChI=1S/C12H15N3O3/c13-11(16)9-2-1-3-10(15-9)14-8-5-4-7(6-8)12(17)18/h1-3,7-8H,4-6H2,(H2,13,16)(H,14,15)(H,17,18)/t7-,8+/m1/s1. The van der Waals surface area contributed by atoms with E-state index < -0.39 is 11.9 Å². The number of nitrogens with zero attached hydrogens (tertiary/aromatic N) is 1. The molecule has 1 heterocycles. The number of hydrogen-bond donors (Lipinski definition) is 3. The lowest BCUT2D eigenvalue weighted by Crippen LogP contribution is -2.20. The number of pyridine rings is 1. The first-order valence-corrected chi connectivity index (χ1v) is 5.82. The molecule has 0 radical (unpaired) electrons. The summed E-state index contributed by atoms with van der Waals surface area (Å²) in [7, 11) is 0. The monoisotopic (exact) mass is 249 g/mol. The van der Waals surface area contributed by atoms with Crippen molar-refractivity contribution in [2.45, 2.75) is 25.3 Å². The minimum Gasteiger partial charge on any atom is -0.481 e. The van der Waals surface area contributed by atoms with Crippen LogP contribution in [0.3, 0.4) is 0 Å². The van der Waals surface area contributed by atoms with Crippen LogP contribution in [0.4, 0.5) is 5.82 Å². The third-order valence-electron chi connectivity index (χ3n) is 3.14. The van der Waals surface area contributed by atoms with Gasteiger partial charge in [-0.05, 0) is 31.4 Å². The molecule has 1 aromatic heterocycles. The summed E-state index contributed by atoms with van der Waals surface area (Å²) in [5, 5.41) is 12.0. The highest BCUT2D eigenvalue weighted by Crippen LogP contribution is 2.27. The number of carboxylic acids is 1. The van der Waals surface area contributed by atoms with E-state index in [1.54, 1.807) is 18.2 Å². The summed E-state index contributed by atoms with van der Waals surface area (Å²) in [6.45, 7) is 0. The second kappa shape index (κ2) is 5.03. The molecule has 2 atom stereocenters. The van der Waals surface area contributed by atoms with Crippen molar-refractivity contribution in [3.63, 3.8) is 0 Å². The van der Waals surface area contributed by atoms with Gasteiger partial charge >= 0.3 is 5.97 Å². The van der Waals surface area contributed by atoms with Crippen molar-refractivity contribution < 1.29 is 14.7 Å². The zero-order valence-electron chi connectivity index (χ0n) is 9.80. The van der Waals surface area contributed by atoms with Gasteiger partial charge in [0.2, 0.25) is 0 Å². The van der Waals surface area contributed by atoms with E-state index in [-0.39, 0.29) is 17.7 Å². The van der Waals surface area contributed by atoms with Crippen LogP contribution in [-0.2, 0) is 4.79 Å². The van der Waals surface area contributed by atoms with E-state index in [2.05, 4.69) is 10.3 Å². The third-order valence-corrected chi connectivity index (χ3v) is 3.14. The predicted molar refractivity (Wildman–Crippen MR) is 65.1 cm³/mol. The third kappa shape index (κ3) is 2.77. The fraction of sp³-hybridized carbons (Fsp3) is 0.417. The molecule has 18 heavy (non-hydrogen) atoms. The summed E-state index contributed by atoms with van der Waals surface area (Å²) >= 11 is 0. The zero-order chi connectivity index (χ0) is 13.1. The number of carbonyl (C=O) groups excluding carboxylic acids is 1. The van der Waals surface area contributed by atoms with Gasteiger partial charge in [-0.1, -0.05) is 6.07 Å². The number of primary amides is 1. The molecule has 0 spiro atoms. The average molecular weight is 249 g/mol. The number of nitrogens with one attached hydrogen (secondary N) is 1. The van der Waals surface area contributed by atoms with Crippen LogP contribution in [0.25, 0.3) is 0 Å². The zero-order valence-corrected chi connectivity index (χ0v) is 9.80. The Morgan fingerprint density at radius 1 is 1.39 bits per heavy atom. The Kier molecular flexibility index (Phi) is 3.45. The molecule has 0 bridgehead atoms. The molecule has 6 heteroatoms. The molecule has 1 aliphatic rings. The average Bonchev–Trinajstić information content (AvgIpc) is 2.78. The second-order valence-corrected chi connectivity index (χ2v) is 4.46. The maximum atomic E-state index is 11.0. The van der Waals surface area contributed by atoms with E-state index in [0.717, 1.165) is 6.42 Å². The maximum absolute atomic E-state index is 11.0. The van der Waals surface area contributed by atoms with Gasteiger partial charge in [0.1, 0.15) is 11.5 Å². The van der Waals surface area contributed by atoms with E-state index in [1.165, 1.54) is 0 Å². The van der Waals surface area contributed by atoms with Crippen LogP contribution in [-0.4, -0.2) is 28.0 Å². The number of hydrogen-bond acceptors (Lipinski definition) is 4. The van der Waals surface area contributed by atoms with E-state index in [0.29, 0.717) is 18.7 Å². The molecule has 4 N–H and O–H groups in total. The fourth-order valence-corrected chi connectivity index (χ4v) is 2.20. The lowest BCUT2D eigenvalue weighted by molar-refractivity contribution is -0.141. The molecule has 1 aromatic rings. The van der Waals surface area contributed by atoms with Crippen molar-refractivity contribution in [3.05, 3.63) is 23.9 Å². The van der Waals surface area contributed by atoms with E-state index in [1.807, 2.05) is 0 Å². The summed E-state index contributed by atoms with van der Waals surface area (Å²) in [4.78, 5) is 25.9. The van der Waals surface area contributed by atoms with Crippen molar-refractivity contribution in [1.29, 1.82) is 0 Å². The van der Waals surface area contributed by atoms with Gasteiger partial charge in [-0.15, -0.1) is 0 Å². The predicted octanol–water partition coefficient (Wildman–Crippen LogP) is 0.846. The Morgan fingerprint density at radius 2 is 2.17 bits per heavy atom. The molecular weight excluding hydrogens is 234 g/mol. The fourth-order valence-electron chi connectivity index (χ4n) is 2.20. The lowest BCUT2D eigenvalue weighted by Gasteiger charge is -2.13. The van der Waals surface area contributed by atoms with Gasteiger partial charge in [-0.2, -0.15) is 0 Å². The number of carbonyl (C=O) groups is 2. The topological polar surface area (TPSA) is 105 Å². The van der Waals surface area contributed by atoms with Crippen molar-refractivity contribution in [1.82, 2.24) is 4.98 Å². The minimum atomic E-state index is -0.752. The van der Waals surface area contributed by atoms with E-state index >= 15 is 0 Å². The highest BCUT2D eigenvalue weighted by atomic mass is 16.4. The van der Waals surface area contributed by atoms with Gasteiger partial charge < -0.3 is 16.2 Å². The molecule has 0 saturated heterocycles. The molecule has 2 rings (SSSR count). The van der Waals surface area contributed by atoms with Crippen LogP contribution >= 0.6 is 0 Å². The number of amides is 1. The number of aliphatic carboxylic acids is 1. The summed E-state index contributed by atoms with van der Waals surface area (Å²) in [6, 6.07) is 5.06. The van der Waals surface area contributed by atoms with Crippen molar-refractivity contribution in [3.8, 4) is 0 Å². The highest BCUT2D eigenvalue weighted by molar-refractivity contribution is 5.91. The van der Waals surface area contributed by atoms with Gasteiger partial charge in [0, 0.05) is 6.04 Å². The molecule has 1 amide bonds. The minimum absolute atomic E-state index is 0.0849. The van der Waals surface area contributed by atoms with Crippen LogP contribution in [0.2, 0.25) is 0 Å². The number of anilines is 1. The summed E-state index contributed by atoms with van der Waals surface area (Å²) in [6.07, 6.45) is 2.04.